The quantitative estimate of drug-likeness (QED) is 0.168. The van der Waals surface area contributed by atoms with E-state index in [9.17, 15) is 30.6 Å². The molecule has 0 aromatic heterocycles. The topological polar surface area (TPSA) is 121 Å². The first-order chi connectivity index (χ1) is 17.3. The second kappa shape index (κ2) is 11.0. The normalized spacial score (nSPS) is 12.8. The van der Waals surface area contributed by atoms with Crippen LogP contribution in [0.25, 0.3) is 0 Å². The van der Waals surface area contributed by atoms with Crippen molar-refractivity contribution in [3.8, 4) is 34.5 Å². The van der Waals surface area contributed by atoms with Gasteiger partial charge in [-0.2, -0.15) is 0 Å². The van der Waals surface area contributed by atoms with E-state index in [-0.39, 0.29) is 34.8 Å². The van der Waals surface area contributed by atoms with Gasteiger partial charge in [-0.15, -0.1) is 0 Å². The molecule has 0 aliphatic heterocycles. The van der Waals surface area contributed by atoms with Gasteiger partial charge < -0.3 is 30.6 Å². The van der Waals surface area contributed by atoms with Crippen LogP contribution in [0, 0.1) is 5.92 Å². The molecule has 0 bridgehead atoms. The molecule has 186 valence electrons. The average molecular weight is 487 g/mol. The highest BCUT2D eigenvalue weighted by Crippen LogP contribution is 2.42. The first-order valence-corrected chi connectivity index (χ1v) is 11.9. The Morgan fingerprint density at radius 3 is 1.44 bits per heavy atom. The lowest BCUT2D eigenvalue weighted by Crippen LogP contribution is -2.19. The predicted molar refractivity (Wildman–Crippen MR) is 138 cm³/mol. The Kier molecular flexibility index (Phi) is 7.54. The lowest BCUT2D eigenvalue weighted by atomic mass is 9.75. The van der Waals surface area contributed by atoms with Crippen molar-refractivity contribution in [1.29, 1.82) is 0 Å². The molecule has 0 aliphatic rings. The summed E-state index contributed by atoms with van der Waals surface area (Å²) in [6.07, 6.45) is 2.50. The zero-order chi connectivity index (χ0) is 25.7. The molecule has 6 heteroatoms. The summed E-state index contributed by atoms with van der Waals surface area (Å²) in [4.78, 5) is 0. The second-order valence-corrected chi connectivity index (χ2v) is 9.18. The van der Waals surface area contributed by atoms with Crippen molar-refractivity contribution < 1.29 is 30.6 Å². The van der Waals surface area contributed by atoms with Crippen LogP contribution in [0.3, 0.4) is 0 Å². The van der Waals surface area contributed by atoms with Crippen LogP contribution >= 0.6 is 0 Å². The van der Waals surface area contributed by atoms with Crippen LogP contribution < -0.4 is 0 Å². The zero-order valence-corrected chi connectivity index (χ0v) is 19.7. The molecule has 6 N–H and O–H groups in total. The van der Waals surface area contributed by atoms with Gasteiger partial charge in [0.15, 0.2) is 34.5 Å². The summed E-state index contributed by atoms with van der Waals surface area (Å²) in [5.41, 5.74) is 3.59. The Bertz CT molecular complexity index is 1260. The fourth-order valence-electron chi connectivity index (χ4n) is 4.78. The summed E-state index contributed by atoms with van der Waals surface area (Å²) >= 11 is 0. The van der Waals surface area contributed by atoms with Gasteiger partial charge in [-0.05, 0) is 84.0 Å². The van der Waals surface area contributed by atoms with E-state index < -0.39 is 11.5 Å². The van der Waals surface area contributed by atoms with Crippen molar-refractivity contribution in [3.05, 3.63) is 107 Å². The van der Waals surface area contributed by atoms with E-state index in [1.807, 2.05) is 48.5 Å². The summed E-state index contributed by atoms with van der Waals surface area (Å²) in [7, 11) is 0. The predicted octanol–water partition coefficient (Wildman–Crippen LogP) is 5.74. The van der Waals surface area contributed by atoms with Crippen LogP contribution in [-0.4, -0.2) is 30.6 Å². The Labute approximate surface area is 210 Å². The number of benzene rings is 4. The van der Waals surface area contributed by atoms with Crippen LogP contribution in [0.5, 0.6) is 34.5 Å². The number of rotatable bonds is 9. The Morgan fingerprint density at radius 2 is 0.944 bits per heavy atom. The van der Waals surface area contributed by atoms with Crippen molar-refractivity contribution >= 4 is 0 Å². The van der Waals surface area contributed by atoms with Crippen molar-refractivity contribution in [2.45, 2.75) is 31.6 Å². The third kappa shape index (κ3) is 5.84. The first-order valence-electron chi connectivity index (χ1n) is 11.9. The lowest BCUT2D eigenvalue weighted by Gasteiger charge is -2.29. The molecular weight excluding hydrogens is 456 g/mol. The zero-order valence-electron chi connectivity index (χ0n) is 19.7. The van der Waals surface area contributed by atoms with E-state index in [2.05, 4.69) is 12.1 Å². The number of hydrogen-bond donors (Lipinski definition) is 6. The van der Waals surface area contributed by atoms with Gasteiger partial charge in [-0.1, -0.05) is 60.7 Å². The maximum Gasteiger partial charge on any atom is 0.200 e. The van der Waals surface area contributed by atoms with Crippen LogP contribution in [0.15, 0.2) is 84.9 Å². The standard InChI is InChI=1S/C30H30O6/c31-25-15-21(16-26(32)29(25)35)11-12-22(13-19-7-3-1-4-8-19)24(14-20-9-5-2-6-10-20)23-17-27(33)30(36)28(34)18-23/h1-10,15-18,22,24,31-36H,11-14H2/t22-,24-/m0/s1. The molecule has 0 heterocycles. The summed E-state index contributed by atoms with van der Waals surface area (Å²) < 4.78 is 0. The Morgan fingerprint density at radius 1 is 0.500 bits per heavy atom. The van der Waals surface area contributed by atoms with E-state index in [0.717, 1.165) is 11.1 Å². The van der Waals surface area contributed by atoms with Gasteiger partial charge in [0.2, 0.25) is 0 Å². The van der Waals surface area contributed by atoms with E-state index in [0.29, 0.717) is 36.8 Å². The van der Waals surface area contributed by atoms with Gasteiger partial charge in [-0.25, -0.2) is 0 Å². The largest absolute Gasteiger partial charge is 0.504 e. The van der Waals surface area contributed by atoms with Gasteiger partial charge in [0.1, 0.15) is 0 Å². The molecule has 0 aliphatic carbocycles. The van der Waals surface area contributed by atoms with E-state index >= 15 is 0 Å². The molecule has 0 unspecified atom stereocenters. The smallest absolute Gasteiger partial charge is 0.200 e. The van der Waals surface area contributed by atoms with Gasteiger partial charge in [0.25, 0.3) is 0 Å². The molecule has 2 atom stereocenters. The fraction of sp³-hybridized carbons (Fsp3) is 0.200. The van der Waals surface area contributed by atoms with Gasteiger partial charge in [-0.3, -0.25) is 0 Å². The first kappa shape index (κ1) is 24.8. The molecule has 4 aromatic carbocycles. The molecule has 4 aromatic rings. The monoisotopic (exact) mass is 486 g/mol. The van der Waals surface area contributed by atoms with Gasteiger partial charge in [0.05, 0.1) is 0 Å². The molecule has 36 heavy (non-hydrogen) atoms. The molecular formula is C30H30O6. The molecule has 0 fully saturated rings. The summed E-state index contributed by atoms with van der Waals surface area (Å²) in [5, 5.41) is 60.1. The van der Waals surface area contributed by atoms with Crippen molar-refractivity contribution in [2.75, 3.05) is 0 Å². The molecule has 6 nitrogen and oxygen atoms in total. The van der Waals surface area contributed by atoms with E-state index in [1.165, 1.54) is 24.3 Å². The molecule has 0 saturated carbocycles. The van der Waals surface area contributed by atoms with Gasteiger partial charge in [0, 0.05) is 0 Å². The highest BCUT2D eigenvalue weighted by Gasteiger charge is 2.26. The third-order valence-corrected chi connectivity index (χ3v) is 6.66. The number of phenolic OH excluding ortho intramolecular Hbond substituents is 6. The van der Waals surface area contributed by atoms with Crippen molar-refractivity contribution in [1.82, 2.24) is 0 Å². The van der Waals surface area contributed by atoms with Crippen molar-refractivity contribution in [2.24, 2.45) is 5.92 Å². The van der Waals surface area contributed by atoms with Crippen LogP contribution in [0.1, 0.15) is 34.6 Å². The third-order valence-electron chi connectivity index (χ3n) is 6.66. The number of phenols is 6. The molecule has 0 radical (unpaired) electrons. The number of hydrogen-bond acceptors (Lipinski definition) is 6. The minimum atomic E-state index is -0.549. The fourth-order valence-corrected chi connectivity index (χ4v) is 4.78. The number of aryl methyl sites for hydroxylation is 1. The lowest BCUT2D eigenvalue weighted by molar-refractivity contribution is 0.357. The molecule has 0 spiro atoms. The molecule has 4 rings (SSSR count). The Hall–Kier alpha value is -4.32. The van der Waals surface area contributed by atoms with Crippen LogP contribution in [-0.2, 0) is 19.3 Å². The van der Waals surface area contributed by atoms with Gasteiger partial charge >= 0.3 is 0 Å². The van der Waals surface area contributed by atoms with Crippen LogP contribution in [0.4, 0.5) is 0 Å². The highest BCUT2D eigenvalue weighted by atomic mass is 16.3. The summed E-state index contributed by atoms with van der Waals surface area (Å²) in [5.74, 6) is -2.72. The maximum atomic E-state index is 10.3. The SMILES string of the molecule is Oc1cc(CC[C@@H](Cc2ccccc2)[C@H](Cc2ccccc2)c2cc(O)c(O)c(O)c2)cc(O)c1O. The van der Waals surface area contributed by atoms with Crippen molar-refractivity contribution in [3.63, 3.8) is 0 Å². The molecule has 0 saturated heterocycles. The maximum absolute atomic E-state index is 10.3. The van der Waals surface area contributed by atoms with Crippen LogP contribution in [0.2, 0.25) is 0 Å². The highest BCUT2D eigenvalue weighted by molar-refractivity contribution is 5.53. The van der Waals surface area contributed by atoms with E-state index in [1.54, 1.807) is 0 Å². The summed E-state index contributed by atoms with van der Waals surface area (Å²) in [6, 6.07) is 25.8. The second-order valence-electron chi connectivity index (χ2n) is 9.18. The molecule has 0 amide bonds. The minimum absolute atomic E-state index is 0.0223. The van der Waals surface area contributed by atoms with E-state index in [4.69, 9.17) is 0 Å². The minimum Gasteiger partial charge on any atom is -0.504 e. The summed E-state index contributed by atoms with van der Waals surface area (Å²) in [6.45, 7) is 0. The number of aromatic hydroxyl groups is 6. The average Bonchev–Trinajstić information content (AvgIpc) is 2.88. The Balaban J connectivity index is 1.73.